The van der Waals surface area contributed by atoms with E-state index < -0.39 is 0 Å². The van der Waals surface area contributed by atoms with Crippen molar-refractivity contribution in [3.63, 3.8) is 0 Å². The van der Waals surface area contributed by atoms with Gasteiger partial charge in [0.25, 0.3) is 0 Å². The molecule has 0 saturated heterocycles. The van der Waals surface area contributed by atoms with E-state index in [0.717, 1.165) is 46.0 Å². The molecular weight excluding hydrogens is 351 g/mol. The van der Waals surface area contributed by atoms with Gasteiger partial charge in [-0.25, -0.2) is 46.0 Å². The Morgan fingerprint density at radius 3 is 0.800 bits per heavy atom. The largest absolute Gasteiger partial charge is 2.00 e. The fourth-order valence-corrected chi connectivity index (χ4v) is 0. The minimum absolute atomic E-state index is 0. The molecule has 0 rings (SSSR count). The Balaban J connectivity index is -0.0000000133. The Hall–Kier alpha value is 2.00. The zero-order chi connectivity index (χ0) is 4.00. The van der Waals surface area contributed by atoms with Gasteiger partial charge in [-0.2, -0.15) is 0 Å². The van der Waals surface area contributed by atoms with Crippen molar-refractivity contribution in [1.82, 2.24) is 0 Å². The number of hydrogen-bond donors (Lipinski definition) is 0. The monoisotopic (exact) mass is 350 g/mol. The second kappa shape index (κ2) is 37.4. The first-order valence-corrected chi connectivity index (χ1v) is 2.07. The van der Waals surface area contributed by atoms with Crippen LogP contribution in [-0.4, -0.2) is 0 Å². The fraction of sp³-hybridized carbons (Fsp3) is 0. The Morgan fingerprint density at radius 2 is 0.800 bits per heavy atom. The summed E-state index contributed by atoms with van der Waals surface area (Å²) in [6.07, 6.45) is 0. The van der Waals surface area contributed by atoms with Crippen LogP contribution < -0.4 is 6.87 Å². The third kappa shape index (κ3) is 24.0. The molecule has 0 N–H and O–H groups in total. The molecule has 0 saturated carbocycles. The molecule has 5 heavy (non-hydrogen) atoms. The molecule has 0 aromatic carbocycles. The molecule has 0 aliphatic carbocycles. The summed E-state index contributed by atoms with van der Waals surface area (Å²) in [5, 5.41) is 0. The molecule has 0 spiro atoms. The van der Waals surface area contributed by atoms with Crippen LogP contribution in [0.25, 0.3) is 0 Å². The summed E-state index contributed by atoms with van der Waals surface area (Å²) in [6, 6.07) is 0. The minimum atomic E-state index is 0. The Labute approximate surface area is 71.5 Å². The minimum Gasteiger partial charge on any atom is -0.795 e. The Kier molecular flexibility index (Phi) is 118. The second-order valence-corrected chi connectivity index (χ2v) is 0. The van der Waals surface area contributed by atoms with Gasteiger partial charge < -0.3 is 6.87 Å². The quantitative estimate of drug-likeness (QED) is 0.432. The number of rotatable bonds is 0. The van der Waals surface area contributed by atoms with Crippen LogP contribution in [0.2, 0.25) is 0 Å². The topological polar surface area (TPSA) is 46.1 Å². The summed E-state index contributed by atoms with van der Waals surface area (Å²) in [7, 11) is 0. The van der Waals surface area contributed by atoms with Gasteiger partial charge in [-0.15, -0.1) is 0 Å². The summed E-state index contributed by atoms with van der Waals surface area (Å²) in [4.78, 5) is 0. The van der Waals surface area contributed by atoms with Crippen molar-refractivity contribution in [3.05, 3.63) is 0 Å². The van der Waals surface area contributed by atoms with Crippen molar-refractivity contribution in [2.75, 3.05) is 0 Å². The normalized spacial score (nSPS) is 2.40. The molecular formula is I2O2Zn. The average molecular weight is 351 g/mol. The molecule has 0 aliphatic heterocycles. The molecule has 0 amide bonds. The second-order valence-electron chi connectivity index (χ2n) is 0. The van der Waals surface area contributed by atoms with E-state index in [1.165, 1.54) is 0 Å². The molecule has 5 heteroatoms. The molecule has 0 atom stereocenters. The van der Waals surface area contributed by atoms with E-state index >= 15 is 0 Å². The molecule has 0 bridgehead atoms. The maximum atomic E-state index is 8.22. The van der Waals surface area contributed by atoms with Crippen LogP contribution >= 0.6 is 46.0 Å². The molecule has 0 fully saturated rings. The van der Waals surface area contributed by atoms with Crippen molar-refractivity contribution in [2.45, 2.75) is 0 Å². The summed E-state index contributed by atoms with van der Waals surface area (Å²) < 4.78 is 16.4. The Morgan fingerprint density at radius 1 is 0.800 bits per heavy atom. The first-order chi connectivity index (χ1) is 2.00. The standard InChI is InChI=1S/2IO.Zn/c2*1-2;/q2*-1;+2. The first kappa shape index (κ1) is 15.7. The van der Waals surface area contributed by atoms with Crippen molar-refractivity contribution in [3.8, 4) is 0 Å². The van der Waals surface area contributed by atoms with E-state index in [9.17, 15) is 0 Å². The summed E-state index contributed by atoms with van der Waals surface area (Å²) in [5.41, 5.74) is 0. The SMILES string of the molecule is [O-]I.[O-]I.[Zn+2]. The van der Waals surface area contributed by atoms with Crippen molar-refractivity contribution in [2.24, 2.45) is 0 Å². The van der Waals surface area contributed by atoms with E-state index in [4.69, 9.17) is 6.87 Å². The van der Waals surface area contributed by atoms with Crippen LogP contribution in [0, 0.1) is 0 Å². The molecule has 0 aromatic rings. The average Bonchev–Trinajstić information content (AvgIpc) is 1.50. The third-order valence-corrected chi connectivity index (χ3v) is 0. The fourth-order valence-electron chi connectivity index (χ4n) is 0. The summed E-state index contributed by atoms with van der Waals surface area (Å²) >= 11 is 1.80. The van der Waals surface area contributed by atoms with Crippen molar-refractivity contribution < 1.29 is 26.3 Å². The molecule has 0 aliphatic rings. The smallest absolute Gasteiger partial charge is 0.795 e. The maximum absolute atomic E-state index is 8.22. The molecule has 0 unspecified atom stereocenters. The number of hydrogen-bond acceptors (Lipinski definition) is 2. The predicted octanol–water partition coefficient (Wildman–Crippen LogP) is -0.609. The van der Waals surface area contributed by atoms with Gasteiger partial charge in [0.1, 0.15) is 0 Å². The van der Waals surface area contributed by atoms with Crippen molar-refractivity contribution in [1.29, 1.82) is 0 Å². The van der Waals surface area contributed by atoms with Gasteiger partial charge in [0.15, 0.2) is 0 Å². The molecule has 0 radical (unpaired) electrons. The molecule has 0 heterocycles. The van der Waals surface area contributed by atoms with E-state index in [1.807, 2.05) is 0 Å². The van der Waals surface area contributed by atoms with Crippen LogP contribution in [0.1, 0.15) is 0 Å². The molecule has 28 valence electrons. The van der Waals surface area contributed by atoms with Crippen LogP contribution in [0.4, 0.5) is 0 Å². The molecule has 0 aromatic heterocycles. The van der Waals surface area contributed by atoms with Crippen LogP contribution in [0.15, 0.2) is 0 Å². The van der Waals surface area contributed by atoms with Gasteiger partial charge >= 0.3 is 19.5 Å². The van der Waals surface area contributed by atoms with Crippen LogP contribution in [-0.2, 0) is 19.5 Å². The van der Waals surface area contributed by atoms with E-state index in [1.54, 1.807) is 0 Å². The van der Waals surface area contributed by atoms with Gasteiger partial charge in [0.05, 0.1) is 0 Å². The van der Waals surface area contributed by atoms with Gasteiger partial charge in [0.2, 0.25) is 0 Å². The zero-order valence-electron chi connectivity index (χ0n) is 2.28. The maximum Gasteiger partial charge on any atom is 2.00 e. The summed E-state index contributed by atoms with van der Waals surface area (Å²) in [5.74, 6) is 0. The van der Waals surface area contributed by atoms with Gasteiger partial charge in [-0.3, -0.25) is 0 Å². The van der Waals surface area contributed by atoms with E-state index in [-0.39, 0.29) is 19.5 Å². The first-order valence-electron chi connectivity index (χ1n) is 0.309. The van der Waals surface area contributed by atoms with Crippen LogP contribution in [0.3, 0.4) is 0 Å². The van der Waals surface area contributed by atoms with E-state index in [2.05, 4.69) is 0 Å². The molecule has 2 nitrogen and oxygen atoms in total. The van der Waals surface area contributed by atoms with E-state index in [0.29, 0.717) is 0 Å². The van der Waals surface area contributed by atoms with Crippen molar-refractivity contribution >= 4 is 46.0 Å². The van der Waals surface area contributed by atoms with Gasteiger partial charge in [-0.1, -0.05) is 0 Å². The predicted molar refractivity (Wildman–Crippen MR) is 28.0 cm³/mol. The number of halogens is 2. The van der Waals surface area contributed by atoms with Gasteiger partial charge in [0, 0.05) is 0 Å². The summed E-state index contributed by atoms with van der Waals surface area (Å²) in [6.45, 7) is 0. The third-order valence-electron chi connectivity index (χ3n) is 0. The van der Waals surface area contributed by atoms with Gasteiger partial charge in [-0.05, 0) is 0 Å². The van der Waals surface area contributed by atoms with Crippen LogP contribution in [0.5, 0.6) is 0 Å². The zero-order valence-corrected chi connectivity index (χ0v) is 9.56. The Bertz CT molecular complexity index is 7.61.